The number of rotatable bonds is 7. The summed E-state index contributed by atoms with van der Waals surface area (Å²) in [6.07, 6.45) is 4.52. The summed E-state index contributed by atoms with van der Waals surface area (Å²) in [6.45, 7) is 6.43. The van der Waals surface area contributed by atoms with E-state index in [-0.39, 0.29) is 17.6 Å². The van der Waals surface area contributed by atoms with Gasteiger partial charge in [-0.15, -0.1) is 0 Å². The zero-order valence-corrected chi connectivity index (χ0v) is 17.7. The van der Waals surface area contributed by atoms with Gasteiger partial charge in [0.2, 0.25) is 5.91 Å². The van der Waals surface area contributed by atoms with Gasteiger partial charge in [-0.25, -0.2) is 4.39 Å². The molecule has 1 N–H and O–H groups in total. The second kappa shape index (κ2) is 10.2. The molecule has 0 bridgehead atoms. The molecule has 1 amide bonds. The number of likely N-dealkylation sites (tertiary alicyclic amines) is 2. The molecule has 0 aliphatic carbocycles. The minimum atomic E-state index is -0.209. The average Bonchev–Trinajstić information content (AvgIpc) is 3.28. The van der Waals surface area contributed by atoms with E-state index in [0.717, 1.165) is 44.6 Å². The van der Waals surface area contributed by atoms with Crippen LogP contribution >= 0.6 is 0 Å². The van der Waals surface area contributed by atoms with E-state index in [4.69, 9.17) is 0 Å². The number of carbonyl (C=O) groups excluding carboxylic acids is 1. The Morgan fingerprint density at radius 3 is 2.37 bits per heavy atom. The molecule has 0 unspecified atom stereocenters. The van der Waals surface area contributed by atoms with Gasteiger partial charge < -0.3 is 5.32 Å². The monoisotopic (exact) mass is 409 g/mol. The molecular weight excluding hydrogens is 377 g/mol. The van der Waals surface area contributed by atoms with E-state index in [1.807, 2.05) is 12.1 Å². The lowest BCUT2D eigenvalue weighted by atomic mass is 9.96. The molecule has 4 rings (SSSR count). The van der Waals surface area contributed by atoms with Gasteiger partial charge in [-0.05, 0) is 74.1 Å². The van der Waals surface area contributed by atoms with Crippen molar-refractivity contribution in [2.45, 2.75) is 45.3 Å². The van der Waals surface area contributed by atoms with Gasteiger partial charge in [0.25, 0.3) is 0 Å². The van der Waals surface area contributed by atoms with Gasteiger partial charge in [0.15, 0.2) is 0 Å². The first-order chi connectivity index (χ1) is 14.7. The Bertz CT molecular complexity index is 833. The standard InChI is InChI=1S/C25H32FN3O/c26-24-11-9-20(10-12-24)17-29-15-5-8-23(19-29)25(30)27-16-21-6-1-2-7-22(21)18-28-13-3-4-14-28/h1-2,6-7,9-12,23H,3-5,8,13-19H2,(H,27,30)/t23-/m1/s1. The van der Waals surface area contributed by atoms with Crippen molar-refractivity contribution in [2.75, 3.05) is 26.2 Å². The van der Waals surface area contributed by atoms with Gasteiger partial charge >= 0.3 is 0 Å². The van der Waals surface area contributed by atoms with Gasteiger partial charge in [-0.3, -0.25) is 14.6 Å². The Labute approximate surface area is 179 Å². The van der Waals surface area contributed by atoms with E-state index in [1.165, 1.54) is 49.2 Å². The van der Waals surface area contributed by atoms with Crippen LogP contribution in [-0.2, 0) is 24.4 Å². The summed E-state index contributed by atoms with van der Waals surface area (Å²) in [5.74, 6) is -0.0422. The van der Waals surface area contributed by atoms with Crippen molar-refractivity contribution in [2.24, 2.45) is 5.92 Å². The van der Waals surface area contributed by atoms with Crippen LogP contribution in [0.5, 0.6) is 0 Å². The van der Waals surface area contributed by atoms with Crippen molar-refractivity contribution in [1.29, 1.82) is 0 Å². The summed E-state index contributed by atoms with van der Waals surface area (Å²) in [6, 6.07) is 15.1. The van der Waals surface area contributed by atoms with Crippen LogP contribution in [0.1, 0.15) is 42.4 Å². The average molecular weight is 410 g/mol. The normalized spacial score (nSPS) is 20.4. The summed E-state index contributed by atoms with van der Waals surface area (Å²) in [5, 5.41) is 3.19. The Kier molecular flexibility index (Phi) is 7.13. The third-order valence-electron chi connectivity index (χ3n) is 6.36. The van der Waals surface area contributed by atoms with Crippen molar-refractivity contribution in [3.8, 4) is 0 Å². The van der Waals surface area contributed by atoms with Crippen LogP contribution in [0.4, 0.5) is 4.39 Å². The molecule has 2 aliphatic rings. The second-order valence-corrected chi connectivity index (χ2v) is 8.67. The summed E-state index contributed by atoms with van der Waals surface area (Å²) >= 11 is 0. The first kappa shape index (κ1) is 21.0. The molecule has 2 saturated heterocycles. The van der Waals surface area contributed by atoms with Crippen molar-refractivity contribution in [3.63, 3.8) is 0 Å². The molecule has 0 saturated carbocycles. The number of benzene rings is 2. The van der Waals surface area contributed by atoms with Crippen LogP contribution in [0.25, 0.3) is 0 Å². The Hall–Kier alpha value is -2.24. The number of nitrogens with one attached hydrogen (secondary N) is 1. The number of halogens is 1. The zero-order chi connectivity index (χ0) is 20.8. The molecule has 0 spiro atoms. The van der Waals surface area contributed by atoms with Gasteiger partial charge in [-0.1, -0.05) is 36.4 Å². The Morgan fingerprint density at radius 2 is 1.60 bits per heavy atom. The van der Waals surface area contributed by atoms with E-state index in [9.17, 15) is 9.18 Å². The van der Waals surface area contributed by atoms with Gasteiger partial charge in [0, 0.05) is 26.2 Å². The maximum absolute atomic E-state index is 13.1. The summed E-state index contributed by atoms with van der Waals surface area (Å²) in [4.78, 5) is 17.7. The fraction of sp³-hybridized carbons (Fsp3) is 0.480. The summed E-state index contributed by atoms with van der Waals surface area (Å²) < 4.78 is 13.1. The molecule has 1 atom stereocenters. The number of nitrogens with zero attached hydrogens (tertiary/aromatic N) is 2. The SMILES string of the molecule is O=C(NCc1ccccc1CN1CCCC1)[C@@H]1CCCN(Cc2ccc(F)cc2)C1. The zero-order valence-electron chi connectivity index (χ0n) is 17.7. The topological polar surface area (TPSA) is 35.6 Å². The Morgan fingerprint density at radius 1 is 0.900 bits per heavy atom. The highest BCUT2D eigenvalue weighted by molar-refractivity contribution is 5.79. The highest BCUT2D eigenvalue weighted by atomic mass is 19.1. The molecule has 2 fully saturated rings. The molecule has 0 radical (unpaired) electrons. The van der Waals surface area contributed by atoms with E-state index in [1.54, 1.807) is 0 Å². The maximum atomic E-state index is 13.1. The predicted octanol–water partition coefficient (Wildman–Crippen LogP) is 3.95. The first-order valence-electron chi connectivity index (χ1n) is 11.2. The molecule has 2 heterocycles. The maximum Gasteiger partial charge on any atom is 0.224 e. The van der Waals surface area contributed by atoms with Crippen LogP contribution in [0.2, 0.25) is 0 Å². The van der Waals surface area contributed by atoms with Crippen molar-refractivity contribution in [1.82, 2.24) is 15.1 Å². The molecule has 0 aromatic heterocycles. The largest absolute Gasteiger partial charge is 0.352 e. The summed E-state index contributed by atoms with van der Waals surface area (Å²) in [7, 11) is 0. The van der Waals surface area contributed by atoms with Crippen molar-refractivity contribution >= 4 is 5.91 Å². The highest BCUT2D eigenvalue weighted by Crippen LogP contribution is 2.20. The summed E-state index contributed by atoms with van der Waals surface area (Å²) in [5.41, 5.74) is 3.63. The fourth-order valence-corrected chi connectivity index (χ4v) is 4.65. The number of carbonyl (C=O) groups is 1. The second-order valence-electron chi connectivity index (χ2n) is 8.67. The quantitative estimate of drug-likeness (QED) is 0.752. The predicted molar refractivity (Wildman–Crippen MR) is 117 cm³/mol. The van der Waals surface area contributed by atoms with Crippen LogP contribution < -0.4 is 5.32 Å². The van der Waals surface area contributed by atoms with Gasteiger partial charge in [-0.2, -0.15) is 0 Å². The van der Waals surface area contributed by atoms with Crippen LogP contribution in [0, 0.1) is 11.7 Å². The van der Waals surface area contributed by atoms with Crippen LogP contribution in [0.3, 0.4) is 0 Å². The lowest BCUT2D eigenvalue weighted by Gasteiger charge is -2.32. The lowest BCUT2D eigenvalue weighted by Crippen LogP contribution is -2.42. The number of piperidine rings is 1. The molecule has 2 aromatic rings. The van der Waals surface area contributed by atoms with E-state index >= 15 is 0 Å². The smallest absolute Gasteiger partial charge is 0.224 e. The highest BCUT2D eigenvalue weighted by Gasteiger charge is 2.26. The third kappa shape index (κ3) is 5.67. The van der Waals surface area contributed by atoms with E-state index in [0.29, 0.717) is 6.54 Å². The Balaban J connectivity index is 1.30. The minimum absolute atomic E-state index is 0.0185. The molecular formula is C25H32FN3O. The molecule has 2 aliphatic heterocycles. The number of hydrogen-bond donors (Lipinski definition) is 1. The number of amides is 1. The van der Waals surface area contributed by atoms with Crippen molar-refractivity contribution in [3.05, 3.63) is 71.0 Å². The van der Waals surface area contributed by atoms with Crippen molar-refractivity contribution < 1.29 is 9.18 Å². The first-order valence-corrected chi connectivity index (χ1v) is 11.2. The third-order valence-corrected chi connectivity index (χ3v) is 6.36. The van der Waals surface area contributed by atoms with Gasteiger partial charge in [0.1, 0.15) is 5.82 Å². The lowest BCUT2D eigenvalue weighted by molar-refractivity contribution is -0.126. The minimum Gasteiger partial charge on any atom is -0.352 e. The number of hydrogen-bond acceptors (Lipinski definition) is 3. The molecule has 5 heteroatoms. The van der Waals surface area contributed by atoms with Crippen LogP contribution in [-0.4, -0.2) is 41.9 Å². The molecule has 30 heavy (non-hydrogen) atoms. The van der Waals surface area contributed by atoms with Crippen LogP contribution in [0.15, 0.2) is 48.5 Å². The molecule has 160 valence electrons. The fourth-order valence-electron chi connectivity index (χ4n) is 4.65. The molecule has 4 nitrogen and oxygen atoms in total. The molecule has 2 aromatic carbocycles. The van der Waals surface area contributed by atoms with E-state index in [2.05, 4.69) is 39.4 Å². The van der Waals surface area contributed by atoms with E-state index < -0.39 is 0 Å². The van der Waals surface area contributed by atoms with Gasteiger partial charge in [0.05, 0.1) is 5.92 Å².